The normalized spacial score (nSPS) is 17.1. The number of rotatable bonds is 5. The van der Waals surface area contributed by atoms with Crippen LogP contribution in [0.1, 0.15) is 38.1 Å². The SMILES string of the molecule is COC(=O)c1sc(N2C(=O)C(=O)/C(=C(/O)c3ccc(OC)cc3C)[C@@H]2c2cccc(Br)c2)nc1C. The molecule has 1 atom stereocenters. The van der Waals surface area contributed by atoms with Crippen LogP contribution in [-0.4, -0.2) is 42.0 Å². The number of carbonyl (C=O) groups is 3. The number of methoxy groups -OCH3 is 2. The topological polar surface area (TPSA) is 106 Å². The molecule has 180 valence electrons. The Morgan fingerprint density at radius 3 is 2.51 bits per heavy atom. The first kappa shape index (κ1) is 24.6. The molecule has 2 aromatic carbocycles. The number of ketones is 1. The van der Waals surface area contributed by atoms with Gasteiger partial charge < -0.3 is 14.6 Å². The van der Waals surface area contributed by atoms with E-state index in [1.165, 1.54) is 19.1 Å². The van der Waals surface area contributed by atoms with E-state index in [9.17, 15) is 19.5 Å². The van der Waals surface area contributed by atoms with Crippen LogP contribution in [0.25, 0.3) is 5.76 Å². The van der Waals surface area contributed by atoms with Crippen molar-refractivity contribution in [1.29, 1.82) is 0 Å². The van der Waals surface area contributed by atoms with Gasteiger partial charge in [-0.1, -0.05) is 39.4 Å². The molecule has 2 heterocycles. The number of aryl methyl sites for hydroxylation is 2. The van der Waals surface area contributed by atoms with Gasteiger partial charge in [0.15, 0.2) is 5.13 Å². The van der Waals surface area contributed by atoms with Gasteiger partial charge in [-0.2, -0.15) is 0 Å². The van der Waals surface area contributed by atoms with Crippen molar-refractivity contribution >= 4 is 55.8 Å². The zero-order chi connectivity index (χ0) is 25.4. The Morgan fingerprint density at radius 1 is 1.14 bits per heavy atom. The molecular formula is C25H21BrN2O6S. The molecule has 0 spiro atoms. The molecule has 10 heteroatoms. The number of aromatic nitrogens is 1. The molecule has 0 aliphatic carbocycles. The number of carbonyl (C=O) groups excluding carboxylic acids is 3. The third-order valence-corrected chi connectivity index (χ3v) is 7.29. The average Bonchev–Trinajstić information content (AvgIpc) is 3.34. The summed E-state index contributed by atoms with van der Waals surface area (Å²) in [6, 6.07) is 11.2. The molecule has 1 aromatic heterocycles. The highest BCUT2D eigenvalue weighted by molar-refractivity contribution is 9.10. The maximum Gasteiger partial charge on any atom is 0.350 e. The largest absolute Gasteiger partial charge is 0.507 e. The highest BCUT2D eigenvalue weighted by Gasteiger charge is 2.48. The molecule has 8 nitrogen and oxygen atoms in total. The van der Waals surface area contributed by atoms with Crippen LogP contribution in [0.2, 0.25) is 0 Å². The predicted molar refractivity (Wildman–Crippen MR) is 135 cm³/mol. The minimum absolute atomic E-state index is 0.0752. The number of aliphatic hydroxyl groups excluding tert-OH is 1. The molecule has 4 rings (SSSR count). The molecule has 1 aliphatic rings. The third-order valence-electron chi connectivity index (χ3n) is 5.66. The predicted octanol–water partition coefficient (Wildman–Crippen LogP) is 4.94. The first-order valence-electron chi connectivity index (χ1n) is 10.4. The van der Waals surface area contributed by atoms with Gasteiger partial charge in [0.1, 0.15) is 16.4 Å². The molecule has 0 bridgehead atoms. The summed E-state index contributed by atoms with van der Waals surface area (Å²) in [5.74, 6) is -2.01. The molecule has 1 N–H and O–H groups in total. The number of esters is 1. The van der Waals surface area contributed by atoms with E-state index in [2.05, 4.69) is 20.9 Å². The first-order valence-corrected chi connectivity index (χ1v) is 12.1. The molecular weight excluding hydrogens is 536 g/mol. The fraction of sp³-hybridized carbons (Fsp3) is 0.200. The van der Waals surface area contributed by atoms with Crippen molar-refractivity contribution in [2.75, 3.05) is 19.1 Å². The highest BCUT2D eigenvalue weighted by Crippen LogP contribution is 2.44. The number of aliphatic hydroxyl groups is 1. The van der Waals surface area contributed by atoms with Crippen LogP contribution in [0.15, 0.2) is 52.5 Å². The van der Waals surface area contributed by atoms with Crippen molar-refractivity contribution in [1.82, 2.24) is 4.98 Å². The Hall–Kier alpha value is -3.50. The molecule has 1 amide bonds. The minimum Gasteiger partial charge on any atom is -0.507 e. The van der Waals surface area contributed by atoms with Crippen LogP contribution in [0.3, 0.4) is 0 Å². The van der Waals surface area contributed by atoms with Crippen LogP contribution in [0.4, 0.5) is 5.13 Å². The van der Waals surface area contributed by atoms with E-state index in [4.69, 9.17) is 9.47 Å². The summed E-state index contributed by atoms with van der Waals surface area (Å²) in [4.78, 5) is 44.6. The molecule has 0 radical (unpaired) electrons. The summed E-state index contributed by atoms with van der Waals surface area (Å²) in [6.45, 7) is 3.40. The van der Waals surface area contributed by atoms with Gasteiger partial charge in [0.05, 0.1) is 31.5 Å². The number of nitrogens with zero attached hydrogens (tertiary/aromatic N) is 2. The molecule has 0 saturated carbocycles. The molecule has 3 aromatic rings. The second kappa shape index (κ2) is 9.63. The maximum absolute atomic E-state index is 13.3. The third kappa shape index (κ3) is 4.35. The van der Waals surface area contributed by atoms with Gasteiger partial charge in [-0.05, 0) is 55.3 Å². The van der Waals surface area contributed by atoms with Gasteiger partial charge in [-0.15, -0.1) is 0 Å². The second-order valence-electron chi connectivity index (χ2n) is 7.81. The van der Waals surface area contributed by atoms with Gasteiger partial charge in [-0.25, -0.2) is 9.78 Å². The number of halogens is 1. The van der Waals surface area contributed by atoms with Crippen LogP contribution in [0.5, 0.6) is 5.75 Å². The molecule has 0 unspecified atom stereocenters. The minimum atomic E-state index is -0.968. The Labute approximate surface area is 213 Å². The van der Waals surface area contributed by atoms with Gasteiger partial charge in [-0.3, -0.25) is 14.5 Å². The molecule has 35 heavy (non-hydrogen) atoms. The lowest BCUT2D eigenvalue weighted by atomic mass is 9.94. The van der Waals surface area contributed by atoms with E-state index >= 15 is 0 Å². The zero-order valence-electron chi connectivity index (χ0n) is 19.3. The number of Topliss-reactive ketones (excluding diaryl/α,β-unsaturated/α-hetero) is 1. The van der Waals surface area contributed by atoms with Crippen molar-refractivity contribution < 1.29 is 29.0 Å². The lowest BCUT2D eigenvalue weighted by Gasteiger charge is -2.23. The summed E-state index contributed by atoms with van der Waals surface area (Å²) in [6.07, 6.45) is 0. The second-order valence-corrected chi connectivity index (χ2v) is 9.70. The fourth-order valence-electron chi connectivity index (χ4n) is 3.96. The standard InChI is InChI=1S/C25H21BrN2O6S/c1-12-10-16(33-3)8-9-17(12)20(29)18-19(14-6-5-7-15(26)11-14)28(23(31)21(18)30)25-27-13(2)22(35-25)24(32)34-4/h5-11,19,29H,1-4H3/b20-18+/t19-/m0/s1. The van der Waals surface area contributed by atoms with Gasteiger partial charge in [0.2, 0.25) is 0 Å². The van der Waals surface area contributed by atoms with Crippen molar-refractivity contribution in [3.8, 4) is 5.75 Å². The molecule has 1 fully saturated rings. The van der Waals surface area contributed by atoms with Crippen molar-refractivity contribution in [2.45, 2.75) is 19.9 Å². The van der Waals surface area contributed by atoms with E-state index in [1.54, 1.807) is 50.2 Å². The van der Waals surface area contributed by atoms with Crippen LogP contribution >= 0.6 is 27.3 Å². The Morgan fingerprint density at radius 2 is 1.89 bits per heavy atom. The van der Waals surface area contributed by atoms with E-state index in [-0.39, 0.29) is 21.3 Å². The van der Waals surface area contributed by atoms with Crippen molar-refractivity contribution in [3.63, 3.8) is 0 Å². The van der Waals surface area contributed by atoms with Crippen LogP contribution < -0.4 is 9.64 Å². The highest BCUT2D eigenvalue weighted by atomic mass is 79.9. The van der Waals surface area contributed by atoms with Gasteiger partial charge in [0.25, 0.3) is 5.78 Å². The van der Waals surface area contributed by atoms with Gasteiger partial charge in [0, 0.05) is 10.0 Å². The van der Waals surface area contributed by atoms with E-state index in [1.807, 2.05) is 6.07 Å². The van der Waals surface area contributed by atoms with Crippen LogP contribution in [0, 0.1) is 13.8 Å². The number of hydrogen-bond donors (Lipinski definition) is 1. The first-order chi connectivity index (χ1) is 16.7. The van der Waals surface area contributed by atoms with Crippen molar-refractivity contribution in [2.24, 2.45) is 0 Å². The maximum atomic E-state index is 13.3. The lowest BCUT2D eigenvalue weighted by Crippen LogP contribution is -2.29. The number of hydrogen-bond acceptors (Lipinski definition) is 8. The number of amides is 1. The van der Waals surface area contributed by atoms with E-state index in [0.717, 1.165) is 15.8 Å². The van der Waals surface area contributed by atoms with Crippen molar-refractivity contribution in [3.05, 3.63) is 79.8 Å². The summed E-state index contributed by atoms with van der Waals surface area (Å²) < 4.78 is 10.8. The van der Waals surface area contributed by atoms with E-state index < -0.39 is 23.7 Å². The number of benzene rings is 2. The number of thiazole rings is 1. The summed E-state index contributed by atoms with van der Waals surface area (Å²) in [7, 11) is 2.79. The Kier molecular flexibility index (Phi) is 6.77. The quantitative estimate of drug-likeness (QED) is 0.205. The molecule has 1 aliphatic heterocycles. The summed E-state index contributed by atoms with van der Waals surface area (Å²) >= 11 is 4.38. The zero-order valence-corrected chi connectivity index (χ0v) is 21.7. The number of anilines is 1. The molecule has 1 saturated heterocycles. The summed E-state index contributed by atoms with van der Waals surface area (Å²) in [5, 5.41) is 11.5. The van der Waals surface area contributed by atoms with E-state index in [0.29, 0.717) is 28.1 Å². The van der Waals surface area contributed by atoms with Crippen LogP contribution in [-0.2, 0) is 14.3 Å². The number of ether oxygens (including phenoxy) is 2. The average molecular weight is 557 g/mol. The fourth-order valence-corrected chi connectivity index (χ4v) is 5.39. The smallest absolute Gasteiger partial charge is 0.350 e. The van der Waals surface area contributed by atoms with Gasteiger partial charge >= 0.3 is 11.9 Å². The summed E-state index contributed by atoms with van der Waals surface area (Å²) in [5.41, 5.74) is 1.94. The monoisotopic (exact) mass is 556 g/mol. The lowest BCUT2D eigenvalue weighted by molar-refractivity contribution is -0.132. The Balaban J connectivity index is 1.95. The Bertz CT molecular complexity index is 1400.